The van der Waals surface area contributed by atoms with E-state index >= 15 is 4.39 Å². The molecule has 0 aliphatic rings. The van der Waals surface area contributed by atoms with Gasteiger partial charge in [-0.15, -0.1) is 11.3 Å². The van der Waals surface area contributed by atoms with Crippen LogP contribution in [0.3, 0.4) is 0 Å². The molecule has 0 aliphatic carbocycles. The second-order valence-corrected chi connectivity index (χ2v) is 7.32. The third kappa shape index (κ3) is 2.14. The highest BCUT2D eigenvalue weighted by atomic mass is 32.1. The SMILES string of the molecule is COc1c(-c2nc3ccc(C)cc3o2)cc2sc3ccccc3c2c1F. The number of ether oxygens (including phenoxy) is 1. The lowest BCUT2D eigenvalue weighted by Gasteiger charge is -2.08. The topological polar surface area (TPSA) is 35.3 Å². The minimum atomic E-state index is -0.379. The van der Waals surface area contributed by atoms with Gasteiger partial charge in [0.15, 0.2) is 17.1 Å². The first kappa shape index (κ1) is 15.3. The maximum atomic E-state index is 15.3. The fourth-order valence-electron chi connectivity index (χ4n) is 3.33. The van der Waals surface area contributed by atoms with Gasteiger partial charge in [0.2, 0.25) is 5.89 Å². The molecule has 3 nitrogen and oxygen atoms in total. The number of aryl methyl sites for hydroxylation is 1. The lowest BCUT2D eigenvalue weighted by molar-refractivity contribution is 0.389. The molecule has 0 saturated carbocycles. The van der Waals surface area contributed by atoms with Crippen LogP contribution in [-0.4, -0.2) is 12.1 Å². The second-order valence-electron chi connectivity index (χ2n) is 6.23. The molecule has 128 valence electrons. The summed E-state index contributed by atoms with van der Waals surface area (Å²) >= 11 is 1.55. The Morgan fingerprint density at radius 1 is 1.08 bits per heavy atom. The number of oxazole rings is 1. The van der Waals surface area contributed by atoms with E-state index < -0.39 is 0 Å². The van der Waals surface area contributed by atoms with E-state index in [0.717, 1.165) is 25.9 Å². The van der Waals surface area contributed by atoms with Gasteiger partial charge < -0.3 is 9.15 Å². The molecular formula is C21H14FNO2S. The number of halogens is 1. The predicted molar refractivity (Wildman–Crippen MR) is 104 cm³/mol. The van der Waals surface area contributed by atoms with Crippen molar-refractivity contribution < 1.29 is 13.5 Å². The molecule has 0 unspecified atom stereocenters. The van der Waals surface area contributed by atoms with Gasteiger partial charge >= 0.3 is 0 Å². The number of nitrogens with zero attached hydrogens (tertiary/aromatic N) is 1. The molecule has 0 N–H and O–H groups in total. The highest BCUT2D eigenvalue weighted by Gasteiger charge is 2.22. The first-order chi connectivity index (χ1) is 12.7. The van der Waals surface area contributed by atoms with Crippen molar-refractivity contribution in [1.82, 2.24) is 4.98 Å². The predicted octanol–water partition coefficient (Wildman–Crippen LogP) is 6.32. The van der Waals surface area contributed by atoms with Crippen LogP contribution in [0, 0.1) is 12.7 Å². The van der Waals surface area contributed by atoms with Crippen molar-refractivity contribution in [3.8, 4) is 17.2 Å². The van der Waals surface area contributed by atoms with Crippen LogP contribution in [0.5, 0.6) is 5.75 Å². The molecular weight excluding hydrogens is 349 g/mol. The molecule has 0 radical (unpaired) electrons. The van der Waals surface area contributed by atoms with E-state index in [0.29, 0.717) is 22.4 Å². The van der Waals surface area contributed by atoms with Crippen LogP contribution < -0.4 is 4.74 Å². The van der Waals surface area contributed by atoms with Crippen LogP contribution in [-0.2, 0) is 0 Å². The summed E-state index contributed by atoms with van der Waals surface area (Å²) in [7, 11) is 1.47. The van der Waals surface area contributed by atoms with Crippen molar-refractivity contribution in [2.75, 3.05) is 7.11 Å². The number of rotatable bonds is 2. The number of aromatic nitrogens is 1. The van der Waals surface area contributed by atoms with Gasteiger partial charge in [0, 0.05) is 20.2 Å². The van der Waals surface area contributed by atoms with Gasteiger partial charge in [-0.3, -0.25) is 0 Å². The van der Waals surface area contributed by atoms with Crippen molar-refractivity contribution in [2.45, 2.75) is 6.92 Å². The van der Waals surface area contributed by atoms with E-state index in [-0.39, 0.29) is 11.6 Å². The standard InChI is InChI=1S/C21H14FNO2S/c1-11-7-8-14-15(9-11)25-21(23-14)13-10-17-18(19(22)20(13)24-2)12-5-3-4-6-16(12)26-17/h3-10H,1-2H3. The van der Waals surface area contributed by atoms with E-state index in [1.165, 1.54) is 7.11 Å². The van der Waals surface area contributed by atoms with E-state index in [4.69, 9.17) is 9.15 Å². The highest BCUT2D eigenvalue weighted by Crippen LogP contribution is 2.44. The second kappa shape index (κ2) is 5.54. The summed E-state index contributed by atoms with van der Waals surface area (Å²) in [5.74, 6) is 0.140. The third-order valence-corrected chi connectivity index (χ3v) is 5.66. The summed E-state index contributed by atoms with van der Waals surface area (Å²) in [6, 6.07) is 15.5. The summed E-state index contributed by atoms with van der Waals surface area (Å²) in [5.41, 5.74) is 3.03. The minimum Gasteiger partial charge on any atom is -0.493 e. The number of hydrogen-bond donors (Lipinski definition) is 0. The van der Waals surface area contributed by atoms with E-state index in [2.05, 4.69) is 4.98 Å². The van der Waals surface area contributed by atoms with Crippen molar-refractivity contribution in [3.63, 3.8) is 0 Å². The molecule has 3 aromatic carbocycles. The van der Waals surface area contributed by atoms with Gasteiger partial charge in [-0.05, 0) is 36.8 Å². The van der Waals surface area contributed by atoms with Crippen molar-refractivity contribution in [3.05, 3.63) is 59.9 Å². The number of benzene rings is 3. The van der Waals surface area contributed by atoms with Crippen LogP contribution in [0.1, 0.15) is 5.56 Å². The van der Waals surface area contributed by atoms with Crippen LogP contribution >= 0.6 is 11.3 Å². The summed E-state index contributed by atoms with van der Waals surface area (Å²) in [6.07, 6.45) is 0. The number of thiophene rings is 1. The Bertz CT molecular complexity index is 1300. The molecule has 5 aromatic rings. The average molecular weight is 363 g/mol. The minimum absolute atomic E-state index is 0.157. The van der Waals surface area contributed by atoms with Crippen LogP contribution in [0.15, 0.2) is 52.9 Å². The molecule has 0 aliphatic heterocycles. The quantitative estimate of drug-likeness (QED) is 0.368. The maximum absolute atomic E-state index is 15.3. The molecule has 0 amide bonds. The molecule has 5 heteroatoms. The fraction of sp³-hybridized carbons (Fsp3) is 0.0952. The number of methoxy groups -OCH3 is 1. The van der Waals surface area contributed by atoms with E-state index in [9.17, 15) is 0 Å². The zero-order chi connectivity index (χ0) is 17.8. The summed E-state index contributed by atoms with van der Waals surface area (Å²) in [6.45, 7) is 1.99. The Labute approximate surface area is 152 Å². The molecule has 2 heterocycles. The van der Waals surface area contributed by atoms with Crippen LogP contribution in [0.2, 0.25) is 0 Å². The normalized spacial score (nSPS) is 11.7. The van der Waals surface area contributed by atoms with Crippen LogP contribution in [0.4, 0.5) is 4.39 Å². The van der Waals surface area contributed by atoms with Gasteiger partial charge in [0.1, 0.15) is 5.52 Å². The summed E-state index contributed by atoms with van der Waals surface area (Å²) < 4.78 is 28.5. The molecule has 0 fully saturated rings. The first-order valence-corrected chi connectivity index (χ1v) is 9.02. The Balaban J connectivity index is 1.84. The molecule has 0 saturated heterocycles. The van der Waals surface area contributed by atoms with Gasteiger partial charge in [-0.2, -0.15) is 0 Å². The fourth-order valence-corrected chi connectivity index (χ4v) is 4.47. The van der Waals surface area contributed by atoms with Gasteiger partial charge in [0.25, 0.3) is 0 Å². The average Bonchev–Trinajstić information content (AvgIpc) is 3.21. The lowest BCUT2D eigenvalue weighted by atomic mass is 10.1. The van der Waals surface area contributed by atoms with Crippen LogP contribution in [0.25, 0.3) is 42.7 Å². The van der Waals surface area contributed by atoms with E-state index in [1.54, 1.807) is 11.3 Å². The smallest absolute Gasteiger partial charge is 0.231 e. The van der Waals surface area contributed by atoms with Crippen molar-refractivity contribution in [2.24, 2.45) is 0 Å². The lowest BCUT2D eigenvalue weighted by Crippen LogP contribution is -1.93. The van der Waals surface area contributed by atoms with Crippen molar-refractivity contribution >= 4 is 42.6 Å². The zero-order valence-electron chi connectivity index (χ0n) is 14.2. The number of hydrogen-bond acceptors (Lipinski definition) is 4. The summed E-state index contributed by atoms with van der Waals surface area (Å²) in [4.78, 5) is 4.53. The van der Waals surface area contributed by atoms with Gasteiger partial charge in [-0.25, -0.2) is 9.37 Å². The molecule has 0 bridgehead atoms. The number of fused-ring (bicyclic) bond motifs is 4. The Hall–Kier alpha value is -2.92. The molecule has 26 heavy (non-hydrogen) atoms. The highest BCUT2D eigenvalue weighted by molar-refractivity contribution is 7.25. The Morgan fingerprint density at radius 3 is 2.77 bits per heavy atom. The van der Waals surface area contributed by atoms with Gasteiger partial charge in [-0.1, -0.05) is 24.3 Å². The molecule has 0 spiro atoms. The largest absolute Gasteiger partial charge is 0.493 e. The Morgan fingerprint density at radius 2 is 1.92 bits per heavy atom. The van der Waals surface area contributed by atoms with Gasteiger partial charge in [0.05, 0.1) is 12.7 Å². The van der Waals surface area contributed by atoms with E-state index in [1.807, 2.05) is 55.5 Å². The van der Waals surface area contributed by atoms with Crippen molar-refractivity contribution in [1.29, 1.82) is 0 Å². The molecule has 0 atom stereocenters. The maximum Gasteiger partial charge on any atom is 0.231 e. The zero-order valence-corrected chi connectivity index (χ0v) is 15.0. The Kier molecular flexibility index (Phi) is 3.27. The summed E-state index contributed by atoms with van der Waals surface area (Å²) in [5, 5.41) is 1.47. The molecule has 2 aromatic heterocycles. The first-order valence-electron chi connectivity index (χ1n) is 8.21. The molecule has 5 rings (SSSR count). The monoisotopic (exact) mass is 363 g/mol. The third-order valence-electron chi connectivity index (χ3n) is 4.54.